The van der Waals surface area contributed by atoms with Crippen molar-refractivity contribution in [2.75, 3.05) is 26.2 Å². The van der Waals surface area contributed by atoms with Crippen LogP contribution in [0.3, 0.4) is 0 Å². The molecule has 0 heterocycles. The van der Waals surface area contributed by atoms with Gasteiger partial charge in [0.25, 0.3) is 0 Å². The molecule has 0 spiro atoms. The molecule has 1 amide bonds. The van der Waals surface area contributed by atoms with Crippen LogP contribution in [0.2, 0.25) is 0 Å². The molecule has 2 atom stereocenters. The highest BCUT2D eigenvalue weighted by Crippen LogP contribution is 2.23. The molecule has 0 aromatic carbocycles. The summed E-state index contributed by atoms with van der Waals surface area (Å²) in [5.74, 6) is 0.354. The molecule has 18 heavy (non-hydrogen) atoms. The van der Waals surface area contributed by atoms with E-state index in [0.717, 1.165) is 45.4 Å². The van der Waals surface area contributed by atoms with Crippen LogP contribution in [-0.2, 0) is 4.79 Å². The Labute approximate surface area is 123 Å². The van der Waals surface area contributed by atoms with Gasteiger partial charge in [0.15, 0.2) is 0 Å². The van der Waals surface area contributed by atoms with E-state index in [0.29, 0.717) is 0 Å². The standard InChI is InChI=1S/C12H25N3O.2ClH/c1-3-15(4-2)8-7-14-12(16)10-5-6-11(13)9-10;;/h10-11H,3-9,13H2,1-2H3,(H,14,16);2*1H. The molecule has 0 saturated heterocycles. The van der Waals surface area contributed by atoms with Gasteiger partial charge in [-0.2, -0.15) is 0 Å². The van der Waals surface area contributed by atoms with Gasteiger partial charge in [-0.1, -0.05) is 13.8 Å². The Morgan fingerprint density at radius 3 is 2.33 bits per heavy atom. The number of nitrogens with one attached hydrogen (secondary N) is 1. The summed E-state index contributed by atoms with van der Waals surface area (Å²) < 4.78 is 0. The minimum absolute atomic E-state index is 0. The molecule has 1 fully saturated rings. The van der Waals surface area contributed by atoms with Crippen LogP contribution < -0.4 is 11.1 Å². The maximum Gasteiger partial charge on any atom is 0.223 e. The highest BCUT2D eigenvalue weighted by Gasteiger charge is 2.27. The molecule has 2 unspecified atom stereocenters. The maximum absolute atomic E-state index is 11.8. The van der Waals surface area contributed by atoms with Gasteiger partial charge >= 0.3 is 0 Å². The molecule has 0 aliphatic heterocycles. The highest BCUT2D eigenvalue weighted by molar-refractivity contribution is 5.85. The minimum Gasteiger partial charge on any atom is -0.355 e. The van der Waals surface area contributed by atoms with Crippen LogP contribution in [0.25, 0.3) is 0 Å². The minimum atomic E-state index is 0. The first kappa shape index (κ1) is 20.3. The van der Waals surface area contributed by atoms with E-state index in [1.165, 1.54) is 0 Å². The molecule has 4 nitrogen and oxygen atoms in total. The van der Waals surface area contributed by atoms with Gasteiger partial charge in [0.1, 0.15) is 0 Å². The Balaban J connectivity index is 0. The van der Waals surface area contributed by atoms with Crippen molar-refractivity contribution in [3.63, 3.8) is 0 Å². The van der Waals surface area contributed by atoms with Crippen molar-refractivity contribution in [1.82, 2.24) is 10.2 Å². The predicted molar refractivity (Wildman–Crippen MR) is 80.6 cm³/mol. The van der Waals surface area contributed by atoms with E-state index in [-0.39, 0.29) is 42.7 Å². The van der Waals surface area contributed by atoms with Crippen LogP contribution in [0.1, 0.15) is 33.1 Å². The van der Waals surface area contributed by atoms with Crippen molar-refractivity contribution in [3.05, 3.63) is 0 Å². The van der Waals surface area contributed by atoms with Gasteiger partial charge in [0.05, 0.1) is 0 Å². The first-order valence-corrected chi connectivity index (χ1v) is 6.43. The quantitative estimate of drug-likeness (QED) is 0.780. The van der Waals surface area contributed by atoms with Crippen LogP contribution in [0.4, 0.5) is 0 Å². The van der Waals surface area contributed by atoms with E-state index >= 15 is 0 Å². The van der Waals surface area contributed by atoms with Crippen LogP contribution in [0, 0.1) is 5.92 Å². The van der Waals surface area contributed by atoms with E-state index in [4.69, 9.17) is 5.73 Å². The molecule has 0 aromatic rings. The third-order valence-corrected chi connectivity index (χ3v) is 3.47. The first-order valence-electron chi connectivity index (χ1n) is 6.43. The molecule has 6 heteroatoms. The molecule has 1 rings (SSSR count). The molecule has 110 valence electrons. The molecule has 3 N–H and O–H groups in total. The van der Waals surface area contributed by atoms with Crippen molar-refractivity contribution in [1.29, 1.82) is 0 Å². The zero-order chi connectivity index (χ0) is 12.0. The second-order valence-electron chi connectivity index (χ2n) is 4.59. The van der Waals surface area contributed by atoms with Crippen molar-refractivity contribution < 1.29 is 4.79 Å². The van der Waals surface area contributed by atoms with Crippen LogP contribution >= 0.6 is 24.8 Å². The number of carbonyl (C=O) groups is 1. The predicted octanol–water partition coefficient (Wildman–Crippen LogP) is 1.42. The highest BCUT2D eigenvalue weighted by atomic mass is 35.5. The third-order valence-electron chi connectivity index (χ3n) is 3.47. The van der Waals surface area contributed by atoms with Gasteiger partial charge in [0, 0.05) is 25.0 Å². The number of rotatable bonds is 6. The molecule has 0 aromatic heterocycles. The Hall–Kier alpha value is -0.0300. The number of halogens is 2. The number of amides is 1. The van der Waals surface area contributed by atoms with E-state index in [1.54, 1.807) is 0 Å². The summed E-state index contributed by atoms with van der Waals surface area (Å²) in [5.41, 5.74) is 5.79. The van der Waals surface area contributed by atoms with Crippen molar-refractivity contribution in [3.8, 4) is 0 Å². The van der Waals surface area contributed by atoms with Crippen molar-refractivity contribution in [2.45, 2.75) is 39.2 Å². The lowest BCUT2D eigenvalue weighted by molar-refractivity contribution is -0.124. The molecule has 0 bridgehead atoms. The monoisotopic (exact) mass is 299 g/mol. The maximum atomic E-state index is 11.8. The third kappa shape index (κ3) is 6.78. The summed E-state index contributed by atoms with van der Waals surface area (Å²) in [6.45, 7) is 8.06. The Bertz CT molecular complexity index is 225. The van der Waals surface area contributed by atoms with Gasteiger partial charge in [-0.3, -0.25) is 4.79 Å². The lowest BCUT2D eigenvalue weighted by atomic mass is 10.1. The number of hydrogen-bond donors (Lipinski definition) is 2. The zero-order valence-corrected chi connectivity index (χ0v) is 13.0. The lowest BCUT2D eigenvalue weighted by Gasteiger charge is -2.18. The van der Waals surface area contributed by atoms with Gasteiger partial charge in [-0.15, -0.1) is 24.8 Å². The van der Waals surface area contributed by atoms with Crippen molar-refractivity contribution >= 4 is 30.7 Å². The summed E-state index contributed by atoms with van der Waals surface area (Å²) >= 11 is 0. The van der Waals surface area contributed by atoms with Crippen molar-refractivity contribution in [2.24, 2.45) is 11.7 Å². The second-order valence-corrected chi connectivity index (χ2v) is 4.59. The smallest absolute Gasteiger partial charge is 0.223 e. The van der Waals surface area contributed by atoms with Gasteiger partial charge < -0.3 is 16.0 Å². The second kappa shape index (κ2) is 10.9. The lowest BCUT2D eigenvalue weighted by Crippen LogP contribution is -2.37. The van der Waals surface area contributed by atoms with Gasteiger partial charge in [-0.05, 0) is 32.4 Å². The van der Waals surface area contributed by atoms with Crippen LogP contribution in [0.15, 0.2) is 0 Å². The average Bonchev–Trinajstić information content (AvgIpc) is 2.71. The summed E-state index contributed by atoms with van der Waals surface area (Å²) in [4.78, 5) is 14.1. The summed E-state index contributed by atoms with van der Waals surface area (Å²) in [6.07, 6.45) is 2.81. The average molecular weight is 300 g/mol. The topological polar surface area (TPSA) is 58.4 Å². The van der Waals surface area contributed by atoms with Gasteiger partial charge in [-0.25, -0.2) is 0 Å². The molecule has 0 radical (unpaired) electrons. The number of hydrogen-bond acceptors (Lipinski definition) is 3. The Morgan fingerprint density at radius 2 is 1.89 bits per heavy atom. The van der Waals surface area contributed by atoms with E-state index in [9.17, 15) is 4.79 Å². The molecular weight excluding hydrogens is 273 g/mol. The molecule has 1 aliphatic rings. The normalized spacial score (nSPS) is 22.2. The van der Waals surface area contributed by atoms with E-state index in [2.05, 4.69) is 24.1 Å². The summed E-state index contributed by atoms with van der Waals surface area (Å²) in [7, 11) is 0. The number of nitrogens with zero attached hydrogens (tertiary/aromatic N) is 1. The fourth-order valence-corrected chi connectivity index (χ4v) is 2.28. The SMILES string of the molecule is CCN(CC)CCNC(=O)C1CCC(N)C1.Cl.Cl. The van der Waals surface area contributed by atoms with E-state index < -0.39 is 0 Å². The molecular formula is C12H27Cl2N3O. The van der Waals surface area contributed by atoms with Gasteiger partial charge in [0.2, 0.25) is 5.91 Å². The largest absolute Gasteiger partial charge is 0.355 e. The zero-order valence-electron chi connectivity index (χ0n) is 11.4. The van der Waals surface area contributed by atoms with Crippen LogP contribution in [-0.4, -0.2) is 43.0 Å². The number of likely N-dealkylation sites (N-methyl/N-ethyl adjacent to an activating group) is 1. The van der Waals surface area contributed by atoms with E-state index in [1.807, 2.05) is 0 Å². The Kier molecular flexibility index (Phi) is 12.2. The summed E-state index contributed by atoms with van der Waals surface area (Å²) in [5, 5.41) is 3.01. The fourth-order valence-electron chi connectivity index (χ4n) is 2.28. The molecule has 1 saturated carbocycles. The Morgan fingerprint density at radius 1 is 1.28 bits per heavy atom. The first-order chi connectivity index (χ1) is 7.67. The number of nitrogens with two attached hydrogens (primary N) is 1. The molecule has 1 aliphatic carbocycles. The fraction of sp³-hybridized carbons (Fsp3) is 0.917. The van der Waals surface area contributed by atoms with Crippen LogP contribution in [0.5, 0.6) is 0 Å². The number of carbonyl (C=O) groups excluding carboxylic acids is 1. The summed E-state index contributed by atoms with van der Waals surface area (Å²) in [6, 6.07) is 0.235.